The van der Waals surface area contributed by atoms with Crippen LogP contribution < -0.4 is 0 Å². The molecule has 0 heterocycles. The highest BCUT2D eigenvalue weighted by molar-refractivity contribution is 7.92. The van der Waals surface area contributed by atoms with Crippen molar-refractivity contribution in [2.75, 3.05) is 0 Å². The van der Waals surface area contributed by atoms with E-state index in [1.807, 2.05) is 0 Å². The van der Waals surface area contributed by atoms with Crippen molar-refractivity contribution in [2.45, 2.75) is 16.1 Å². The Balaban J connectivity index is 2.16. The summed E-state index contributed by atoms with van der Waals surface area (Å²) in [5.41, 5.74) is -1.94. The van der Waals surface area contributed by atoms with Gasteiger partial charge in [-0.2, -0.15) is 5.26 Å². The maximum absolute atomic E-state index is 13.5. The third kappa shape index (κ3) is 2.19. The van der Waals surface area contributed by atoms with E-state index in [0.717, 1.165) is 6.07 Å². The van der Waals surface area contributed by atoms with Crippen molar-refractivity contribution in [3.8, 4) is 6.07 Å². The van der Waals surface area contributed by atoms with Gasteiger partial charge in [0.25, 0.3) is 0 Å². The maximum Gasteiger partial charge on any atom is 0.326 e. The van der Waals surface area contributed by atoms with Gasteiger partial charge in [0.1, 0.15) is 11.1 Å². The van der Waals surface area contributed by atoms with E-state index in [0.29, 0.717) is 0 Å². The van der Waals surface area contributed by atoms with E-state index in [1.165, 1.54) is 42.5 Å². The largest absolute Gasteiger partial charge is 0.480 e. The molecule has 7 heteroatoms. The van der Waals surface area contributed by atoms with E-state index in [9.17, 15) is 28.0 Å². The van der Waals surface area contributed by atoms with Gasteiger partial charge < -0.3 is 5.11 Å². The molecule has 0 amide bonds. The molecule has 122 valence electrons. The fourth-order valence-corrected chi connectivity index (χ4v) is 5.38. The quantitative estimate of drug-likeness (QED) is 0.918. The summed E-state index contributed by atoms with van der Waals surface area (Å²) >= 11 is 0. The van der Waals surface area contributed by atoms with Crippen LogP contribution in [0.4, 0.5) is 4.39 Å². The predicted octanol–water partition coefficient (Wildman–Crippen LogP) is 2.36. The van der Waals surface area contributed by atoms with Gasteiger partial charge in [0.15, 0.2) is 15.3 Å². The van der Waals surface area contributed by atoms with Crippen LogP contribution in [0.15, 0.2) is 59.5 Å². The molecule has 0 aromatic heterocycles. The van der Waals surface area contributed by atoms with Crippen LogP contribution in [0.25, 0.3) is 0 Å². The van der Waals surface area contributed by atoms with E-state index in [1.54, 1.807) is 12.1 Å². The van der Waals surface area contributed by atoms with Crippen LogP contribution in [0.5, 0.6) is 0 Å². The molecule has 3 unspecified atom stereocenters. The highest BCUT2D eigenvalue weighted by Gasteiger charge is 2.77. The van der Waals surface area contributed by atoms with Gasteiger partial charge >= 0.3 is 5.97 Å². The van der Waals surface area contributed by atoms with Gasteiger partial charge in [0.2, 0.25) is 0 Å². The van der Waals surface area contributed by atoms with Gasteiger partial charge in [-0.25, -0.2) is 12.8 Å². The summed E-state index contributed by atoms with van der Waals surface area (Å²) < 4.78 is 39.1. The van der Waals surface area contributed by atoms with Crippen LogP contribution in [0.3, 0.4) is 0 Å². The molecule has 1 aliphatic carbocycles. The lowest BCUT2D eigenvalue weighted by molar-refractivity contribution is -0.141. The molecular weight excluding hydrogens is 333 g/mol. The number of carboxylic acid groups (broad SMARTS) is 1. The lowest BCUT2D eigenvalue weighted by atomic mass is 10.0. The van der Waals surface area contributed by atoms with Crippen molar-refractivity contribution in [3.05, 3.63) is 66.0 Å². The molecule has 0 spiro atoms. The highest BCUT2D eigenvalue weighted by atomic mass is 32.2. The van der Waals surface area contributed by atoms with Gasteiger partial charge in [-0.05, 0) is 29.8 Å². The fourth-order valence-electron chi connectivity index (χ4n) is 3.11. The Bertz CT molecular complexity index is 952. The molecule has 3 rings (SSSR count). The van der Waals surface area contributed by atoms with E-state index in [4.69, 9.17) is 0 Å². The molecule has 0 radical (unpaired) electrons. The molecule has 1 saturated carbocycles. The number of carboxylic acids is 1. The molecule has 3 atom stereocenters. The van der Waals surface area contributed by atoms with Crippen LogP contribution >= 0.6 is 0 Å². The summed E-state index contributed by atoms with van der Waals surface area (Å²) in [6.45, 7) is 0. The molecule has 2 aromatic rings. The average Bonchev–Trinajstić information content (AvgIpc) is 3.27. The first-order valence-electron chi connectivity index (χ1n) is 7.04. The number of rotatable bonds is 4. The molecule has 2 aromatic carbocycles. The van der Waals surface area contributed by atoms with Crippen molar-refractivity contribution < 1.29 is 22.7 Å². The SMILES string of the molecule is N#CC1(C(=O)O)C(c2cccc(F)c2)C1S(=O)(=O)c1ccccc1. The van der Waals surface area contributed by atoms with Gasteiger partial charge in [-0.3, -0.25) is 4.79 Å². The summed E-state index contributed by atoms with van der Waals surface area (Å²) in [4.78, 5) is 11.6. The Morgan fingerprint density at radius 3 is 2.38 bits per heavy atom. The minimum Gasteiger partial charge on any atom is -0.480 e. The summed E-state index contributed by atoms with van der Waals surface area (Å²) in [7, 11) is -4.07. The minimum atomic E-state index is -4.07. The minimum absolute atomic E-state index is 0.0604. The lowest BCUT2D eigenvalue weighted by Gasteiger charge is -2.04. The number of benzene rings is 2. The Labute approximate surface area is 137 Å². The molecule has 1 aliphatic rings. The van der Waals surface area contributed by atoms with Gasteiger partial charge in [-0.15, -0.1) is 0 Å². The fraction of sp³-hybridized carbons (Fsp3) is 0.176. The number of aliphatic carboxylic acids is 1. The second-order valence-electron chi connectivity index (χ2n) is 5.60. The van der Waals surface area contributed by atoms with Crippen LogP contribution in [0, 0.1) is 22.6 Å². The summed E-state index contributed by atoms with van der Waals surface area (Å²) in [6, 6.07) is 14.0. The first kappa shape index (κ1) is 16.1. The zero-order valence-electron chi connectivity index (χ0n) is 12.3. The number of nitrogens with zero attached hydrogens (tertiary/aromatic N) is 1. The second kappa shape index (κ2) is 5.42. The van der Waals surface area contributed by atoms with Crippen molar-refractivity contribution >= 4 is 15.8 Å². The summed E-state index contributed by atoms with van der Waals surface area (Å²) in [5, 5.41) is 17.5. The zero-order chi connectivity index (χ0) is 17.5. The van der Waals surface area contributed by atoms with Gasteiger partial charge in [0, 0.05) is 5.92 Å². The number of nitriles is 1. The molecule has 1 N–H and O–H groups in total. The predicted molar refractivity (Wildman–Crippen MR) is 82.2 cm³/mol. The second-order valence-corrected chi connectivity index (χ2v) is 7.67. The smallest absolute Gasteiger partial charge is 0.326 e. The van der Waals surface area contributed by atoms with E-state index >= 15 is 0 Å². The zero-order valence-corrected chi connectivity index (χ0v) is 13.1. The van der Waals surface area contributed by atoms with E-state index < -0.39 is 38.2 Å². The summed E-state index contributed by atoms with van der Waals surface area (Å²) in [6.07, 6.45) is 0. The topological polar surface area (TPSA) is 95.2 Å². The molecule has 0 saturated heterocycles. The van der Waals surface area contributed by atoms with E-state index in [-0.39, 0.29) is 10.5 Å². The van der Waals surface area contributed by atoms with Crippen LogP contribution in [-0.4, -0.2) is 24.7 Å². The van der Waals surface area contributed by atoms with Gasteiger partial charge in [0.05, 0.1) is 11.0 Å². The van der Waals surface area contributed by atoms with E-state index in [2.05, 4.69) is 0 Å². The summed E-state index contributed by atoms with van der Waals surface area (Å²) in [5.74, 6) is -3.27. The normalized spacial score (nSPS) is 25.7. The average molecular weight is 345 g/mol. The number of hydrogen-bond acceptors (Lipinski definition) is 4. The van der Waals surface area contributed by atoms with Gasteiger partial charge in [-0.1, -0.05) is 30.3 Å². The third-order valence-electron chi connectivity index (χ3n) is 4.29. The standard InChI is InChI=1S/C17H12FNO4S/c18-12-6-4-5-11(9-12)14-15(17(14,10-19)16(20)21)24(22,23)13-7-2-1-3-8-13/h1-9,14-15H,(H,20,21). The molecule has 0 bridgehead atoms. The van der Waals surface area contributed by atoms with Crippen molar-refractivity contribution in [2.24, 2.45) is 5.41 Å². The first-order chi connectivity index (χ1) is 11.4. The van der Waals surface area contributed by atoms with Crippen molar-refractivity contribution in [3.63, 3.8) is 0 Å². The van der Waals surface area contributed by atoms with Crippen molar-refractivity contribution in [1.29, 1.82) is 5.26 Å². The third-order valence-corrected chi connectivity index (χ3v) is 6.53. The Morgan fingerprint density at radius 1 is 1.17 bits per heavy atom. The highest BCUT2D eigenvalue weighted by Crippen LogP contribution is 2.64. The van der Waals surface area contributed by atoms with Crippen molar-refractivity contribution in [1.82, 2.24) is 0 Å². The molecular formula is C17H12FNO4S. The molecule has 5 nitrogen and oxygen atoms in total. The van der Waals surface area contributed by atoms with Crippen LogP contribution in [0.2, 0.25) is 0 Å². The number of halogens is 1. The van der Waals surface area contributed by atoms with Crippen LogP contribution in [0.1, 0.15) is 11.5 Å². The first-order valence-corrected chi connectivity index (χ1v) is 8.59. The number of sulfone groups is 1. The lowest BCUT2D eigenvalue weighted by Crippen LogP contribution is -2.22. The molecule has 1 fully saturated rings. The number of carbonyl (C=O) groups is 1. The van der Waals surface area contributed by atoms with Crippen LogP contribution in [-0.2, 0) is 14.6 Å². The monoisotopic (exact) mass is 345 g/mol. The maximum atomic E-state index is 13.5. The Hall–Kier alpha value is -2.72. The Kier molecular flexibility index (Phi) is 3.65. The molecule has 24 heavy (non-hydrogen) atoms. The number of hydrogen-bond donors (Lipinski definition) is 1. The Morgan fingerprint density at radius 2 is 1.83 bits per heavy atom. The molecule has 0 aliphatic heterocycles.